The van der Waals surface area contributed by atoms with Crippen LogP contribution in [0.1, 0.15) is 24.0 Å². The Morgan fingerprint density at radius 1 is 1.29 bits per heavy atom. The monoisotopic (exact) mass is 501 g/mol. The van der Waals surface area contributed by atoms with Gasteiger partial charge in [-0.15, -0.1) is 11.8 Å². The molecule has 1 heterocycles. The third kappa shape index (κ3) is 5.32. The zero-order valence-corrected chi connectivity index (χ0v) is 19.8. The molecule has 2 aromatic carbocycles. The number of nitriles is 1. The van der Waals surface area contributed by atoms with Crippen molar-refractivity contribution in [2.24, 2.45) is 5.92 Å². The number of nitro benzene ring substituents is 1. The number of amides is 1. The summed E-state index contributed by atoms with van der Waals surface area (Å²) in [5.41, 5.74) is 1.39. The number of carbonyl (C=O) groups excluding carboxylic acids is 2. The van der Waals surface area contributed by atoms with E-state index >= 15 is 0 Å². The zero-order valence-electron chi connectivity index (χ0n) is 18.2. The summed E-state index contributed by atoms with van der Waals surface area (Å²) in [7, 11) is 1.17. The molecular weight excluding hydrogens is 482 g/mol. The first kappa shape index (κ1) is 25.1. The number of allylic oxidation sites excluding steroid dienone is 1. The van der Waals surface area contributed by atoms with Crippen molar-refractivity contribution in [3.05, 3.63) is 79.3 Å². The summed E-state index contributed by atoms with van der Waals surface area (Å²) < 4.78 is 10.3. The van der Waals surface area contributed by atoms with Gasteiger partial charge in [0, 0.05) is 23.8 Å². The summed E-state index contributed by atoms with van der Waals surface area (Å²) in [4.78, 5) is 35.8. The van der Waals surface area contributed by atoms with Gasteiger partial charge in [0.1, 0.15) is 11.7 Å². The molecule has 0 aromatic heterocycles. The molecule has 34 heavy (non-hydrogen) atoms. The lowest BCUT2D eigenvalue weighted by Crippen LogP contribution is -2.44. The summed E-state index contributed by atoms with van der Waals surface area (Å²) in [5.74, 6) is -2.81. The van der Waals surface area contributed by atoms with Crippen molar-refractivity contribution in [3.8, 4) is 11.8 Å². The number of rotatable bonds is 8. The number of ether oxygens (including phenoxy) is 2. The quantitative estimate of drug-likeness (QED) is 0.245. The van der Waals surface area contributed by atoms with Crippen LogP contribution in [0.25, 0.3) is 0 Å². The number of esters is 1. The van der Waals surface area contributed by atoms with Crippen molar-refractivity contribution in [2.75, 3.05) is 13.7 Å². The Labute approximate surface area is 204 Å². The number of carbonyl (C=O) groups is 2. The zero-order chi connectivity index (χ0) is 24.8. The van der Waals surface area contributed by atoms with Crippen molar-refractivity contribution in [1.29, 1.82) is 5.26 Å². The molecule has 9 nitrogen and oxygen atoms in total. The van der Waals surface area contributed by atoms with Gasteiger partial charge in [0.15, 0.2) is 0 Å². The number of benzene rings is 2. The molecule has 11 heteroatoms. The maximum absolute atomic E-state index is 12.9. The minimum absolute atomic E-state index is 0.0370. The SMILES string of the molecule is CCOc1ccc([C@@H]2C(C#N)=C(SCc3ccc([N+](=O)[O-])cc3)NC(=O)[C@H]2C(=O)OC)cc1Cl. The predicted molar refractivity (Wildman–Crippen MR) is 126 cm³/mol. The average molecular weight is 502 g/mol. The molecule has 0 saturated carbocycles. The largest absolute Gasteiger partial charge is 0.492 e. The van der Waals surface area contributed by atoms with E-state index in [4.69, 9.17) is 21.1 Å². The molecular formula is C23H20ClN3O6S. The highest BCUT2D eigenvalue weighted by Crippen LogP contribution is 2.42. The van der Waals surface area contributed by atoms with Gasteiger partial charge in [-0.05, 0) is 30.2 Å². The number of nitrogens with one attached hydrogen (secondary N) is 1. The maximum atomic E-state index is 12.9. The molecule has 2 atom stereocenters. The van der Waals surface area contributed by atoms with Crippen molar-refractivity contribution < 1.29 is 24.0 Å². The number of non-ortho nitro benzene ring substituents is 1. The highest BCUT2D eigenvalue weighted by molar-refractivity contribution is 8.02. The molecule has 176 valence electrons. The van der Waals surface area contributed by atoms with E-state index < -0.39 is 28.6 Å². The Kier molecular flexibility index (Phi) is 8.15. The molecule has 0 spiro atoms. The molecule has 1 N–H and O–H groups in total. The molecule has 0 fully saturated rings. The summed E-state index contributed by atoms with van der Waals surface area (Å²) in [5, 5.41) is 24.1. The van der Waals surface area contributed by atoms with Crippen LogP contribution >= 0.6 is 23.4 Å². The van der Waals surface area contributed by atoms with E-state index in [-0.39, 0.29) is 16.3 Å². The first-order chi connectivity index (χ1) is 16.3. The number of nitrogens with zero attached hydrogens (tertiary/aromatic N) is 2. The first-order valence-corrected chi connectivity index (χ1v) is 11.5. The van der Waals surface area contributed by atoms with Gasteiger partial charge in [0.05, 0.1) is 40.3 Å². The lowest BCUT2D eigenvalue weighted by molar-refractivity contribution is -0.384. The van der Waals surface area contributed by atoms with Crippen LogP contribution in [0.15, 0.2) is 53.1 Å². The highest BCUT2D eigenvalue weighted by Gasteiger charge is 2.44. The van der Waals surface area contributed by atoms with Crippen molar-refractivity contribution in [1.82, 2.24) is 5.32 Å². The Balaban J connectivity index is 2.00. The third-order valence-electron chi connectivity index (χ3n) is 5.13. The normalized spacial score (nSPS) is 17.5. The summed E-state index contributed by atoms with van der Waals surface area (Å²) in [6, 6.07) is 12.9. The number of hydrogen-bond donors (Lipinski definition) is 1. The fourth-order valence-corrected chi connectivity index (χ4v) is 4.78. The summed E-state index contributed by atoms with van der Waals surface area (Å²) in [6.45, 7) is 2.22. The van der Waals surface area contributed by atoms with Crippen LogP contribution in [0.2, 0.25) is 5.02 Å². The van der Waals surface area contributed by atoms with Crippen LogP contribution in [-0.2, 0) is 20.1 Å². The van der Waals surface area contributed by atoms with Gasteiger partial charge in [-0.3, -0.25) is 19.7 Å². The Hall–Kier alpha value is -3.55. The summed E-state index contributed by atoms with van der Waals surface area (Å²) in [6.07, 6.45) is 0. The van der Waals surface area contributed by atoms with Crippen molar-refractivity contribution in [2.45, 2.75) is 18.6 Å². The fraction of sp³-hybridized carbons (Fsp3) is 0.261. The van der Waals surface area contributed by atoms with Crippen LogP contribution in [0.3, 0.4) is 0 Å². The van der Waals surface area contributed by atoms with Crippen LogP contribution in [0.5, 0.6) is 5.75 Å². The molecule has 1 aliphatic rings. The highest BCUT2D eigenvalue weighted by atomic mass is 35.5. The molecule has 0 unspecified atom stereocenters. The van der Waals surface area contributed by atoms with Gasteiger partial charge < -0.3 is 14.8 Å². The van der Waals surface area contributed by atoms with E-state index in [0.29, 0.717) is 28.7 Å². The molecule has 0 saturated heterocycles. The van der Waals surface area contributed by atoms with E-state index in [0.717, 1.165) is 5.56 Å². The summed E-state index contributed by atoms with van der Waals surface area (Å²) >= 11 is 7.52. The lowest BCUT2D eigenvalue weighted by Gasteiger charge is -2.31. The maximum Gasteiger partial charge on any atom is 0.319 e. The van der Waals surface area contributed by atoms with E-state index in [2.05, 4.69) is 11.4 Å². The molecule has 0 bridgehead atoms. The Morgan fingerprint density at radius 3 is 2.56 bits per heavy atom. The number of hydrogen-bond acceptors (Lipinski definition) is 8. The van der Waals surface area contributed by atoms with Crippen LogP contribution in [0.4, 0.5) is 5.69 Å². The van der Waals surface area contributed by atoms with Crippen molar-refractivity contribution >= 4 is 40.9 Å². The second-order valence-corrected chi connectivity index (χ2v) is 8.55. The van der Waals surface area contributed by atoms with Gasteiger partial charge in [-0.2, -0.15) is 5.26 Å². The standard InChI is InChI=1S/C23H20ClN3O6S/c1-3-33-18-9-6-14(10-17(18)24)19-16(11-25)22(26-21(28)20(19)23(29)32-2)34-12-13-4-7-15(8-5-13)27(30)31/h4-10,19-20H,3,12H2,1-2H3,(H,26,28)/t19-,20+/m1/s1. The molecule has 0 aliphatic carbocycles. The van der Waals surface area contributed by atoms with Gasteiger partial charge in [0.25, 0.3) is 5.69 Å². The smallest absolute Gasteiger partial charge is 0.319 e. The minimum atomic E-state index is -1.28. The third-order valence-corrected chi connectivity index (χ3v) is 6.51. The second-order valence-electron chi connectivity index (χ2n) is 7.16. The van der Waals surface area contributed by atoms with E-state index in [1.54, 1.807) is 30.3 Å². The Morgan fingerprint density at radius 2 is 2.00 bits per heavy atom. The number of thioether (sulfide) groups is 1. The van der Waals surface area contributed by atoms with Gasteiger partial charge >= 0.3 is 5.97 Å². The van der Waals surface area contributed by atoms with Crippen LogP contribution < -0.4 is 10.1 Å². The molecule has 1 aliphatic heterocycles. The van der Waals surface area contributed by atoms with E-state index in [1.807, 2.05) is 6.92 Å². The van der Waals surface area contributed by atoms with E-state index in [9.17, 15) is 25.0 Å². The van der Waals surface area contributed by atoms with Gasteiger partial charge in [-0.1, -0.05) is 29.8 Å². The van der Waals surface area contributed by atoms with Crippen LogP contribution in [0, 0.1) is 27.4 Å². The topological polar surface area (TPSA) is 132 Å². The number of methoxy groups -OCH3 is 1. The molecule has 2 aromatic rings. The fourth-order valence-electron chi connectivity index (χ4n) is 3.53. The average Bonchev–Trinajstić information content (AvgIpc) is 2.83. The minimum Gasteiger partial charge on any atom is -0.492 e. The Bertz CT molecular complexity index is 1190. The first-order valence-electron chi connectivity index (χ1n) is 10.1. The van der Waals surface area contributed by atoms with Gasteiger partial charge in [-0.25, -0.2) is 0 Å². The predicted octanol–water partition coefficient (Wildman–Crippen LogP) is 4.32. The molecule has 3 rings (SSSR count). The number of nitro groups is 1. The second kappa shape index (κ2) is 11.0. The lowest BCUT2D eigenvalue weighted by atomic mass is 9.78. The van der Waals surface area contributed by atoms with Gasteiger partial charge in [0.2, 0.25) is 5.91 Å². The van der Waals surface area contributed by atoms with Crippen molar-refractivity contribution in [3.63, 3.8) is 0 Å². The van der Waals surface area contributed by atoms with Crippen LogP contribution in [-0.4, -0.2) is 30.5 Å². The van der Waals surface area contributed by atoms with E-state index in [1.165, 1.54) is 31.0 Å². The number of halogens is 1. The molecule has 1 amide bonds. The molecule has 0 radical (unpaired) electrons.